The summed E-state index contributed by atoms with van der Waals surface area (Å²) in [6, 6.07) is 3.50. The Labute approximate surface area is 99.8 Å². The Morgan fingerprint density at radius 2 is 2.06 bits per heavy atom. The van der Waals surface area contributed by atoms with E-state index in [1.807, 2.05) is 25.1 Å². The predicted octanol–water partition coefficient (Wildman–Crippen LogP) is 3.32. The summed E-state index contributed by atoms with van der Waals surface area (Å²) < 4.78 is 26.5. The molecule has 0 aliphatic rings. The fourth-order valence-electron chi connectivity index (χ4n) is 1.50. The van der Waals surface area contributed by atoms with E-state index in [4.69, 9.17) is 0 Å². The largest absolute Gasteiger partial charge is 0.299 e. The molecular weight excluding hydrogens is 228 g/mol. The minimum atomic E-state index is -0.387. The first-order valence-corrected chi connectivity index (χ1v) is 6.59. The summed E-state index contributed by atoms with van der Waals surface area (Å²) in [6.45, 7) is 2.75. The fourth-order valence-corrected chi connectivity index (χ4v) is 1.97. The average Bonchev–Trinajstić information content (AvgIpc) is 2.28. The Balaban J connectivity index is 2.78. The van der Waals surface area contributed by atoms with Crippen LogP contribution in [0.2, 0.25) is 0 Å². The van der Waals surface area contributed by atoms with Gasteiger partial charge in [-0.1, -0.05) is 0 Å². The summed E-state index contributed by atoms with van der Waals surface area (Å²) in [4.78, 5) is 2.02. The first-order chi connectivity index (χ1) is 7.56. The van der Waals surface area contributed by atoms with Gasteiger partial charge in [-0.3, -0.25) is 4.90 Å². The summed E-state index contributed by atoms with van der Waals surface area (Å²) in [5, 5.41) is 0. The molecule has 16 heavy (non-hydrogen) atoms. The summed E-state index contributed by atoms with van der Waals surface area (Å²) in [7, 11) is 1.92. The average molecular weight is 245 g/mol. The van der Waals surface area contributed by atoms with Crippen LogP contribution in [0.4, 0.5) is 8.78 Å². The van der Waals surface area contributed by atoms with Gasteiger partial charge in [-0.15, -0.1) is 0 Å². The molecule has 1 aromatic rings. The Hall–Kier alpha value is -0.610. The molecule has 0 saturated heterocycles. The molecule has 0 aromatic heterocycles. The Morgan fingerprint density at radius 1 is 1.38 bits per heavy atom. The molecule has 0 aliphatic heterocycles. The van der Waals surface area contributed by atoms with Crippen LogP contribution < -0.4 is 0 Å². The van der Waals surface area contributed by atoms with Gasteiger partial charge in [0, 0.05) is 23.9 Å². The molecule has 0 saturated carbocycles. The second-order valence-corrected chi connectivity index (χ2v) is 4.80. The molecule has 0 spiro atoms. The number of halogens is 2. The zero-order chi connectivity index (χ0) is 12.1. The lowest BCUT2D eigenvalue weighted by Crippen LogP contribution is -2.25. The topological polar surface area (TPSA) is 3.24 Å². The third-order valence-corrected chi connectivity index (χ3v) is 3.31. The molecule has 0 radical (unpaired) electrons. The molecule has 0 aliphatic carbocycles. The van der Waals surface area contributed by atoms with Gasteiger partial charge in [0.25, 0.3) is 0 Å². The van der Waals surface area contributed by atoms with E-state index in [2.05, 4.69) is 0 Å². The standard InChI is InChI=1S/C12H17F2NS/c1-9(15(2)6-7-16-3)11-8-10(13)4-5-12(11)14/h4-5,8-9H,6-7H2,1-3H3. The normalized spacial score (nSPS) is 13.1. The van der Waals surface area contributed by atoms with Crippen molar-refractivity contribution in [2.45, 2.75) is 13.0 Å². The minimum absolute atomic E-state index is 0.108. The smallest absolute Gasteiger partial charge is 0.128 e. The van der Waals surface area contributed by atoms with Crippen LogP contribution in [0.15, 0.2) is 18.2 Å². The third-order valence-electron chi connectivity index (χ3n) is 2.72. The molecule has 0 bridgehead atoms. The lowest BCUT2D eigenvalue weighted by molar-refractivity contribution is 0.271. The van der Waals surface area contributed by atoms with Crippen molar-refractivity contribution in [3.8, 4) is 0 Å². The maximum atomic E-state index is 13.5. The van der Waals surface area contributed by atoms with Crippen LogP contribution in [-0.2, 0) is 0 Å². The molecule has 1 atom stereocenters. The molecule has 4 heteroatoms. The SMILES string of the molecule is CSCCN(C)C(C)c1cc(F)ccc1F. The summed E-state index contributed by atoms with van der Waals surface area (Å²) in [5.74, 6) is 0.254. The van der Waals surface area contributed by atoms with E-state index < -0.39 is 0 Å². The molecule has 0 fully saturated rings. The van der Waals surface area contributed by atoms with Crippen LogP contribution in [0.1, 0.15) is 18.5 Å². The van der Waals surface area contributed by atoms with E-state index in [1.165, 1.54) is 12.1 Å². The van der Waals surface area contributed by atoms with Crippen molar-refractivity contribution < 1.29 is 8.78 Å². The quantitative estimate of drug-likeness (QED) is 0.783. The second-order valence-electron chi connectivity index (χ2n) is 3.82. The zero-order valence-electron chi connectivity index (χ0n) is 9.84. The van der Waals surface area contributed by atoms with Gasteiger partial charge in [0.2, 0.25) is 0 Å². The van der Waals surface area contributed by atoms with E-state index in [0.29, 0.717) is 5.56 Å². The zero-order valence-corrected chi connectivity index (χ0v) is 10.7. The predicted molar refractivity (Wildman–Crippen MR) is 65.8 cm³/mol. The number of thioether (sulfide) groups is 1. The van der Waals surface area contributed by atoms with E-state index >= 15 is 0 Å². The van der Waals surface area contributed by atoms with Gasteiger partial charge in [0.1, 0.15) is 11.6 Å². The van der Waals surface area contributed by atoms with Crippen molar-refractivity contribution in [3.05, 3.63) is 35.4 Å². The van der Waals surface area contributed by atoms with Crippen molar-refractivity contribution >= 4 is 11.8 Å². The van der Waals surface area contributed by atoms with Gasteiger partial charge >= 0.3 is 0 Å². The molecule has 0 N–H and O–H groups in total. The lowest BCUT2D eigenvalue weighted by Gasteiger charge is -2.25. The number of benzene rings is 1. The number of hydrogen-bond donors (Lipinski definition) is 0. The molecule has 1 aromatic carbocycles. The van der Waals surface area contributed by atoms with E-state index in [9.17, 15) is 8.78 Å². The van der Waals surface area contributed by atoms with Crippen LogP contribution in [0, 0.1) is 11.6 Å². The second kappa shape index (κ2) is 6.21. The monoisotopic (exact) mass is 245 g/mol. The molecular formula is C12H17F2NS. The molecule has 1 rings (SSSR count). The third kappa shape index (κ3) is 3.46. The first kappa shape index (κ1) is 13.5. The van der Waals surface area contributed by atoms with Gasteiger partial charge in [-0.25, -0.2) is 8.78 Å². The Bertz CT molecular complexity index is 344. The Kier molecular flexibility index (Phi) is 5.22. The highest BCUT2D eigenvalue weighted by Gasteiger charge is 2.15. The highest BCUT2D eigenvalue weighted by atomic mass is 32.2. The highest BCUT2D eigenvalue weighted by molar-refractivity contribution is 7.98. The van der Waals surface area contributed by atoms with Gasteiger partial charge in [-0.05, 0) is 38.4 Å². The number of hydrogen-bond acceptors (Lipinski definition) is 2. The lowest BCUT2D eigenvalue weighted by atomic mass is 10.1. The van der Waals surface area contributed by atoms with Crippen LogP contribution in [-0.4, -0.2) is 30.5 Å². The van der Waals surface area contributed by atoms with Crippen LogP contribution >= 0.6 is 11.8 Å². The van der Waals surface area contributed by atoms with Crippen molar-refractivity contribution in [1.29, 1.82) is 0 Å². The van der Waals surface area contributed by atoms with E-state index in [-0.39, 0.29) is 17.7 Å². The summed E-state index contributed by atoms with van der Waals surface area (Å²) in [5.41, 5.74) is 0.420. The number of nitrogens with zero attached hydrogens (tertiary/aromatic N) is 1. The Morgan fingerprint density at radius 3 is 2.69 bits per heavy atom. The van der Waals surface area contributed by atoms with E-state index in [1.54, 1.807) is 11.8 Å². The molecule has 1 nitrogen and oxygen atoms in total. The molecule has 1 unspecified atom stereocenters. The maximum Gasteiger partial charge on any atom is 0.128 e. The van der Waals surface area contributed by atoms with Gasteiger partial charge in [0.05, 0.1) is 0 Å². The molecule has 0 amide bonds. The summed E-state index contributed by atoms with van der Waals surface area (Å²) in [6.07, 6.45) is 2.03. The van der Waals surface area contributed by atoms with Crippen molar-refractivity contribution in [2.24, 2.45) is 0 Å². The van der Waals surface area contributed by atoms with Crippen LogP contribution in [0.3, 0.4) is 0 Å². The fraction of sp³-hybridized carbons (Fsp3) is 0.500. The minimum Gasteiger partial charge on any atom is -0.299 e. The van der Waals surface area contributed by atoms with Crippen molar-refractivity contribution in [3.63, 3.8) is 0 Å². The summed E-state index contributed by atoms with van der Waals surface area (Å²) >= 11 is 1.74. The van der Waals surface area contributed by atoms with E-state index in [0.717, 1.165) is 18.4 Å². The van der Waals surface area contributed by atoms with Gasteiger partial charge in [-0.2, -0.15) is 11.8 Å². The van der Waals surface area contributed by atoms with Crippen molar-refractivity contribution in [1.82, 2.24) is 4.90 Å². The molecule has 0 heterocycles. The van der Waals surface area contributed by atoms with Gasteiger partial charge in [0.15, 0.2) is 0 Å². The van der Waals surface area contributed by atoms with Crippen LogP contribution in [0.25, 0.3) is 0 Å². The van der Waals surface area contributed by atoms with Gasteiger partial charge < -0.3 is 0 Å². The van der Waals surface area contributed by atoms with Crippen LogP contribution in [0.5, 0.6) is 0 Å². The molecule has 90 valence electrons. The first-order valence-electron chi connectivity index (χ1n) is 5.20. The highest BCUT2D eigenvalue weighted by Crippen LogP contribution is 2.22. The maximum absolute atomic E-state index is 13.5. The number of rotatable bonds is 5. The van der Waals surface area contributed by atoms with Crippen molar-refractivity contribution in [2.75, 3.05) is 25.6 Å².